The quantitative estimate of drug-likeness (QED) is 0.340. The number of hydrogen-bond donors (Lipinski definition) is 2. The van der Waals surface area contributed by atoms with Gasteiger partial charge in [0, 0.05) is 4.57 Å². The average Bonchev–Trinajstić information content (AvgIpc) is 1.85. The van der Waals surface area contributed by atoms with Crippen molar-refractivity contribution in [1.29, 1.82) is 0 Å². The Labute approximate surface area is 57.9 Å². The maximum absolute atomic E-state index is 10.3. The van der Waals surface area contributed by atoms with Gasteiger partial charge in [0.1, 0.15) is 0 Å². The average molecular weight is 165 g/mol. The second kappa shape index (κ2) is 4.24. The first-order valence-corrected chi connectivity index (χ1v) is 3.38. The Kier molecular flexibility index (Phi) is 3.99. The smallest absolute Gasteiger partial charge is 0.358 e. The number of hydrogen-bond acceptors (Lipinski definition) is 4. The van der Waals surface area contributed by atoms with Gasteiger partial charge in [0.05, 0.1) is 0 Å². The Morgan fingerprint density at radius 2 is 2.30 bits per heavy atom. The Morgan fingerprint density at radius 3 is 2.60 bits per heavy atom. The van der Waals surface area contributed by atoms with Crippen LogP contribution in [0.3, 0.4) is 0 Å². The van der Waals surface area contributed by atoms with Crippen molar-refractivity contribution < 1.29 is 23.9 Å². The highest BCUT2D eigenvalue weighted by Gasteiger charge is 2.24. The van der Waals surface area contributed by atoms with Crippen LogP contribution in [0.1, 0.15) is 0 Å². The predicted molar refractivity (Wildman–Crippen MR) is 32.1 cm³/mol. The van der Waals surface area contributed by atoms with Gasteiger partial charge in [0.15, 0.2) is 0 Å². The van der Waals surface area contributed by atoms with Crippen LogP contribution in [0.25, 0.3) is 0 Å². The normalized spacial score (nSPS) is 14.0. The molecule has 0 aliphatic carbocycles. The highest BCUT2D eigenvalue weighted by atomic mass is 31.1. The van der Waals surface area contributed by atoms with Crippen molar-refractivity contribution in [2.24, 2.45) is 0 Å². The van der Waals surface area contributed by atoms with Crippen molar-refractivity contribution in [1.82, 2.24) is 0 Å². The lowest BCUT2D eigenvalue weighted by Crippen LogP contribution is -2.18. The van der Waals surface area contributed by atoms with Crippen molar-refractivity contribution >= 4 is 14.0 Å². The largest absolute Gasteiger partial charge is 0.697 e. The van der Waals surface area contributed by atoms with Gasteiger partial charge in [-0.2, -0.15) is 0 Å². The van der Waals surface area contributed by atoms with Crippen LogP contribution in [0.2, 0.25) is 0 Å². The molecule has 2 unspecified atom stereocenters. The fourth-order valence-electron chi connectivity index (χ4n) is 0.238. The zero-order chi connectivity index (χ0) is 8.15. The van der Waals surface area contributed by atoms with Crippen LogP contribution >= 0.6 is 8.25 Å². The number of ketones is 1. The third-order valence-corrected chi connectivity index (χ3v) is 1.01. The molecule has 0 rings (SSSR count). The molecule has 0 bridgehead atoms. The molecule has 0 aliphatic rings. The van der Waals surface area contributed by atoms with Gasteiger partial charge in [-0.15, -0.1) is 4.89 Å². The van der Waals surface area contributed by atoms with Crippen molar-refractivity contribution in [2.45, 2.75) is 6.29 Å². The van der Waals surface area contributed by atoms with Gasteiger partial charge < -0.3 is 5.11 Å². The summed E-state index contributed by atoms with van der Waals surface area (Å²) in [5, 5.41) is 8.50. The number of carbonyl (C=O) groups excluding carboxylic acids is 1. The summed E-state index contributed by atoms with van der Waals surface area (Å²) in [5.74, 6) is -0.850. The van der Waals surface area contributed by atoms with E-state index in [9.17, 15) is 9.36 Å². The van der Waals surface area contributed by atoms with Gasteiger partial charge in [0.2, 0.25) is 5.78 Å². The van der Waals surface area contributed by atoms with Gasteiger partial charge >= 0.3 is 8.25 Å². The topological polar surface area (TPSA) is 83.8 Å². The molecule has 56 valence electrons. The lowest BCUT2D eigenvalue weighted by molar-refractivity contribution is -0.136. The van der Waals surface area contributed by atoms with E-state index in [1.54, 1.807) is 0 Å². The minimum absolute atomic E-state index is 0.795. The molecule has 2 atom stereocenters. The van der Waals surface area contributed by atoms with E-state index in [0.29, 0.717) is 0 Å². The highest BCUT2D eigenvalue weighted by Crippen LogP contribution is 2.16. The molecule has 0 heterocycles. The van der Waals surface area contributed by atoms with Crippen molar-refractivity contribution in [3.63, 3.8) is 0 Å². The van der Waals surface area contributed by atoms with E-state index < -0.39 is 20.3 Å². The summed E-state index contributed by atoms with van der Waals surface area (Å²) in [6.45, 7) is 3.02. The Bertz CT molecular complexity index is 165. The van der Waals surface area contributed by atoms with E-state index in [1.807, 2.05) is 0 Å². The summed E-state index contributed by atoms with van der Waals surface area (Å²) in [7, 11) is -2.95. The molecule has 0 aliphatic heterocycles. The highest BCUT2D eigenvalue weighted by molar-refractivity contribution is 7.32. The summed E-state index contributed by atoms with van der Waals surface area (Å²) < 4.78 is 13.6. The molecule has 0 aromatic heterocycles. The summed E-state index contributed by atoms with van der Waals surface area (Å²) >= 11 is 0. The molecule has 0 spiro atoms. The third kappa shape index (κ3) is 3.42. The summed E-state index contributed by atoms with van der Waals surface area (Å²) in [6, 6.07) is 0. The fourth-order valence-corrected chi connectivity index (χ4v) is 0.513. The van der Waals surface area contributed by atoms with E-state index >= 15 is 0 Å². The second-order valence-corrected chi connectivity index (χ2v) is 1.99. The van der Waals surface area contributed by atoms with Crippen LogP contribution < -0.4 is 0 Å². The zero-order valence-corrected chi connectivity index (χ0v) is 5.82. The predicted octanol–water partition coefficient (Wildman–Crippen LogP) is -0.274. The van der Waals surface area contributed by atoms with Crippen LogP contribution in [0, 0.1) is 0 Å². The van der Waals surface area contributed by atoms with Crippen molar-refractivity contribution in [3.8, 4) is 0 Å². The summed E-state index contributed by atoms with van der Waals surface area (Å²) in [4.78, 5) is 18.3. The van der Waals surface area contributed by atoms with Crippen molar-refractivity contribution in [3.05, 3.63) is 12.7 Å². The van der Waals surface area contributed by atoms with E-state index in [0.717, 1.165) is 6.08 Å². The maximum Gasteiger partial charge on any atom is 0.697 e. The molecule has 2 N–H and O–H groups in total. The summed E-state index contributed by atoms with van der Waals surface area (Å²) in [6.07, 6.45) is -1.09. The first kappa shape index (κ1) is 9.39. The Balaban J connectivity index is 3.84. The van der Waals surface area contributed by atoms with Gasteiger partial charge in [0.25, 0.3) is 6.29 Å². The molecule has 5 nitrogen and oxygen atoms in total. The van der Waals surface area contributed by atoms with E-state index in [2.05, 4.69) is 11.1 Å². The first-order valence-electron chi connectivity index (χ1n) is 2.25. The van der Waals surface area contributed by atoms with E-state index in [1.165, 1.54) is 0 Å². The van der Waals surface area contributed by atoms with Gasteiger partial charge in [-0.3, -0.25) is 4.79 Å². The molecule has 0 amide bonds. The lowest BCUT2D eigenvalue weighted by Gasteiger charge is -1.93. The monoisotopic (exact) mass is 165 g/mol. The van der Waals surface area contributed by atoms with Gasteiger partial charge in [-0.05, 0) is 6.08 Å². The van der Waals surface area contributed by atoms with Crippen LogP contribution in [-0.4, -0.2) is 22.1 Å². The maximum atomic E-state index is 10.3. The minimum atomic E-state index is -2.95. The molecular weight excluding hydrogens is 159 g/mol. The van der Waals surface area contributed by atoms with E-state index in [-0.39, 0.29) is 0 Å². The number of carbonyl (C=O) groups is 1. The molecular formula is C4H6O5P+. The molecule has 0 aromatic rings. The van der Waals surface area contributed by atoms with E-state index in [4.69, 9.17) is 10.00 Å². The van der Waals surface area contributed by atoms with Crippen LogP contribution in [-0.2, 0) is 13.9 Å². The first-order chi connectivity index (χ1) is 4.57. The number of rotatable bonds is 4. The second-order valence-electron chi connectivity index (χ2n) is 1.30. The van der Waals surface area contributed by atoms with Crippen LogP contribution in [0.5, 0.6) is 0 Å². The van der Waals surface area contributed by atoms with Crippen molar-refractivity contribution in [2.75, 3.05) is 0 Å². The molecule has 0 saturated heterocycles. The zero-order valence-electron chi connectivity index (χ0n) is 4.93. The molecule has 10 heavy (non-hydrogen) atoms. The molecule has 0 aromatic carbocycles. The lowest BCUT2D eigenvalue weighted by atomic mass is 10.4. The third-order valence-electron chi connectivity index (χ3n) is 0.635. The Morgan fingerprint density at radius 1 is 1.80 bits per heavy atom. The number of aliphatic hydroxyl groups excluding tert-OH is 1. The van der Waals surface area contributed by atoms with Gasteiger partial charge in [-0.25, -0.2) is 0 Å². The SMILES string of the molecule is C=CC(=O)C(O)O[P+](=O)O. The molecule has 0 radical (unpaired) electrons. The van der Waals surface area contributed by atoms with Crippen LogP contribution in [0.15, 0.2) is 12.7 Å². The summed E-state index contributed by atoms with van der Waals surface area (Å²) in [5.41, 5.74) is 0. The molecule has 0 fully saturated rings. The number of aliphatic hydroxyl groups is 1. The molecule has 0 saturated carbocycles. The molecule has 6 heteroatoms. The van der Waals surface area contributed by atoms with Gasteiger partial charge in [-0.1, -0.05) is 11.1 Å². The minimum Gasteiger partial charge on any atom is -0.358 e. The standard InChI is InChI=1S/C4H5O5P/c1-2-3(5)4(6)9-10(7)8/h2,4,6H,1H2/p+1. The fraction of sp³-hybridized carbons (Fsp3) is 0.250. The Hall–Kier alpha value is -0.610. The van der Waals surface area contributed by atoms with Crippen LogP contribution in [0.4, 0.5) is 0 Å².